The van der Waals surface area contributed by atoms with Gasteiger partial charge in [0.2, 0.25) is 5.91 Å². The predicted octanol–water partition coefficient (Wildman–Crippen LogP) is 3.80. The molecule has 1 rings (SSSR count). The SMILES string of the molecule is CCCCCNCCNC(=O)CSc1ccccc1C(C)C. The molecule has 124 valence electrons. The van der Waals surface area contributed by atoms with Gasteiger partial charge in [0.05, 0.1) is 5.75 Å². The Bertz CT molecular complexity index is 435. The van der Waals surface area contributed by atoms with E-state index in [1.165, 1.54) is 29.7 Å². The van der Waals surface area contributed by atoms with Crippen molar-refractivity contribution in [1.29, 1.82) is 0 Å². The fourth-order valence-corrected chi connectivity index (χ4v) is 3.23. The van der Waals surface area contributed by atoms with Crippen LogP contribution in [0.3, 0.4) is 0 Å². The largest absolute Gasteiger partial charge is 0.354 e. The molecule has 0 aliphatic heterocycles. The number of amides is 1. The van der Waals surface area contributed by atoms with Crippen molar-refractivity contribution in [3.05, 3.63) is 29.8 Å². The highest BCUT2D eigenvalue weighted by Crippen LogP contribution is 2.27. The zero-order valence-electron chi connectivity index (χ0n) is 14.2. The number of hydrogen-bond donors (Lipinski definition) is 2. The standard InChI is InChI=1S/C18H30N2OS/c1-4-5-8-11-19-12-13-20-18(21)14-22-17-10-7-6-9-16(17)15(2)3/h6-7,9-10,15,19H,4-5,8,11-14H2,1-3H3,(H,20,21). The minimum absolute atomic E-state index is 0.110. The maximum atomic E-state index is 11.9. The Morgan fingerprint density at radius 1 is 1.14 bits per heavy atom. The molecule has 0 spiro atoms. The minimum atomic E-state index is 0.110. The van der Waals surface area contributed by atoms with Crippen molar-refractivity contribution in [3.8, 4) is 0 Å². The van der Waals surface area contributed by atoms with Crippen LogP contribution in [0.2, 0.25) is 0 Å². The Labute approximate surface area is 139 Å². The van der Waals surface area contributed by atoms with E-state index in [0.717, 1.165) is 13.1 Å². The lowest BCUT2D eigenvalue weighted by molar-refractivity contribution is -0.118. The average molecular weight is 323 g/mol. The Hall–Kier alpha value is -1.00. The normalized spacial score (nSPS) is 10.9. The summed E-state index contributed by atoms with van der Waals surface area (Å²) in [5.74, 6) is 1.08. The van der Waals surface area contributed by atoms with E-state index in [4.69, 9.17) is 0 Å². The van der Waals surface area contributed by atoms with Crippen molar-refractivity contribution < 1.29 is 4.79 Å². The highest BCUT2D eigenvalue weighted by molar-refractivity contribution is 8.00. The van der Waals surface area contributed by atoms with E-state index in [9.17, 15) is 4.79 Å². The molecule has 0 bridgehead atoms. The highest BCUT2D eigenvalue weighted by Gasteiger charge is 2.08. The third kappa shape index (κ3) is 7.85. The van der Waals surface area contributed by atoms with E-state index in [1.807, 2.05) is 6.07 Å². The molecule has 0 saturated carbocycles. The van der Waals surface area contributed by atoms with Crippen molar-refractivity contribution in [2.45, 2.75) is 50.8 Å². The molecule has 0 saturated heterocycles. The van der Waals surface area contributed by atoms with Crippen molar-refractivity contribution >= 4 is 17.7 Å². The molecule has 0 heterocycles. The second-order valence-corrected chi connectivity index (χ2v) is 6.81. The molecule has 0 fully saturated rings. The second kappa shape index (κ2) is 11.6. The maximum absolute atomic E-state index is 11.9. The highest BCUT2D eigenvalue weighted by atomic mass is 32.2. The number of nitrogens with one attached hydrogen (secondary N) is 2. The molecular formula is C18H30N2OS. The molecule has 22 heavy (non-hydrogen) atoms. The Kier molecular flexibility index (Phi) is 10.0. The van der Waals surface area contributed by atoms with Crippen LogP contribution in [-0.2, 0) is 4.79 Å². The van der Waals surface area contributed by atoms with Crippen LogP contribution < -0.4 is 10.6 Å². The minimum Gasteiger partial charge on any atom is -0.354 e. The van der Waals surface area contributed by atoms with Crippen LogP contribution in [0, 0.1) is 0 Å². The Morgan fingerprint density at radius 2 is 1.91 bits per heavy atom. The molecule has 1 amide bonds. The summed E-state index contributed by atoms with van der Waals surface area (Å²) in [6.45, 7) is 9.17. The summed E-state index contributed by atoms with van der Waals surface area (Å²) in [5.41, 5.74) is 1.32. The van der Waals surface area contributed by atoms with Crippen molar-refractivity contribution in [1.82, 2.24) is 10.6 Å². The molecule has 0 atom stereocenters. The van der Waals surface area contributed by atoms with Crippen molar-refractivity contribution in [2.24, 2.45) is 0 Å². The molecule has 1 aromatic rings. The first-order valence-electron chi connectivity index (χ1n) is 8.34. The molecule has 1 aromatic carbocycles. The number of carbonyl (C=O) groups is 1. The summed E-state index contributed by atoms with van der Waals surface area (Å²) in [5, 5.41) is 6.32. The number of unbranched alkanes of at least 4 members (excludes halogenated alkanes) is 2. The Balaban J connectivity index is 2.18. The van der Waals surface area contributed by atoms with Gasteiger partial charge in [-0.25, -0.2) is 0 Å². The number of carbonyl (C=O) groups excluding carboxylic acids is 1. The third-order valence-corrected chi connectivity index (χ3v) is 4.57. The van der Waals surface area contributed by atoms with E-state index in [1.54, 1.807) is 11.8 Å². The van der Waals surface area contributed by atoms with Gasteiger partial charge in [0, 0.05) is 18.0 Å². The van der Waals surface area contributed by atoms with Gasteiger partial charge in [-0.05, 0) is 30.5 Å². The van der Waals surface area contributed by atoms with Gasteiger partial charge in [-0.2, -0.15) is 0 Å². The lowest BCUT2D eigenvalue weighted by Gasteiger charge is -2.12. The summed E-state index contributed by atoms with van der Waals surface area (Å²) < 4.78 is 0. The van der Waals surface area contributed by atoms with Gasteiger partial charge in [-0.15, -0.1) is 11.8 Å². The van der Waals surface area contributed by atoms with Crippen LogP contribution in [0.1, 0.15) is 51.5 Å². The van der Waals surface area contributed by atoms with E-state index in [0.29, 0.717) is 18.2 Å². The van der Waals surface area contributed by atoms with Gasteiger partial charge in [0.15, 0.2) is 0 Å². The molecule has 4 heteroatoms. The van der Waals surface area contributed by atoms with Gasteiger partial charge < -0.3 is 10.6 Å². The molecule has 3 nitrogen and oxygen atoms in total. The molecular weight excluding hydrogens is 292 g/mol. The van der Waals surface area contributed by atoms with Crippen LogP contribution in [0.5, 0.6) is 0 Å². The molecule has 0 unspecified atom stereocenters. The summed E-state index contributed by atoms with van der Waals surface area (Å²) in [6, 6.07) is 8.34. The second-order valence-electron chi connectivity index (χ2n) is 5.79. The number of thioether (sulfide) groups is 1. The summed E-state index contributed by atoms with van der Waals surface area (Å²) in [6.07, 6.45) is 3.73. The molecule has 0 radical (unpaired) electrons. The van der Waals surface area contributed by atoms with E-state index in [2.05, 4.69) is 49.6 Å². The quantitative estimate of drug-likeness (QED) is 0.481. The van der Waals surface area contributed by atoms with Gasteiger partial charge in [-0.1, -0.05) is 51.8 Å². The smallest absolute Gasteiger partial charge is 0.230 e. The first-order chi connectivity index (χ1) is 10.6. The number of hydrogen-bond acceptors (Lipinski definition) is 3. The van der Waals surface area contributed by atoms with Gasteiger partial charge in [0.1, 0.15) is 0 Å². The van der Waals surface area contributed by atoms with Gasteiger partial charge in [-0.3, -0.25) is 4.79 Å². The van der Waals surface area contributed by atoms with Crippen LogP contribution in [-0.4, -0.2) is 31.3 Å². The first kappa shape index (κ1) is 19.0. The summed E-state index contributed by atoms with van der Waals surface area (Å²) in [4.78, 5) is 13.1. The van der Waals surface area contributed by atoms with Crippen LogP contribution in [0.15, 0.2) is 29.2 Å². The van der Waals surface area contributed by atoms with E-state index >= 15 is 0 Å². The third-order valence-electron chi connectivity index (χ3n) is 3.48. The fraction of sp³-hybridized carbons (Fsp3) is 0.611. The van der Waals surface area contributed by atoms with Crippen LogP contribution in [0.4, 0.5) is 0 Å². The number of rotatable bonds is 11. The lowest BCUT2D eigenvalue weighted by Crippen LogP contribution is -2.33. The monoisotopic (exact) mass is 322 g/mol. The average Bonchev–Trinajstić information content (AvgIpc) is 2.52. The molecule has 0 aliphatic rings. The number of benzene rings is 1. The lowest BCUT2D eigenvalue weighted by atomic mass is 10.0. The zero-order valence-corrected chi connectivity index (χ0v) is 15.0. The van der Waals surface area contributed by atoms with Crippen LogP contribution in [0.25, 0.3) is 0 Å². The molecule has 0 aliphatic carbocycles. The maximum Gasteiger partial charge on any atom is 0.230 e. The van der Waals surface area contributed by atoms with Gasteiger partial charge >= 0.3 is 0 Å². The summed E-state index contributed by atoms with van der Waals surface area (Å²) >= 11 is 1.63. The zero-order chi connectivity index (χ0) is 16.2. The first-order valence-corrected chi connectivity index (χ1v) is 9.32. The van der Waals surface area contributed by atoms with E-state index in [-0.39, 0.29) is 5.91 Å². The van der Waals surface area contributed by atoms with Crippen molar-refractivity contribution in [2.75, 3.05) is 25.4 Å². The summed E-state index contributed by atoms with van der Waals surface area (Å²) in [7, 11) is 0. The fourth-order valence-electron chi connectivity index (χ4n) is 2.20. The van der Waals surface area contributed by atoms with Crippen LogP contribution >= 0.6 is 11.8 Å². The van der Waals surface area contributed by atoms with Gasteiger partial charge in [0.25, 0.3) is 0 Å². The molecule has 0 aromatic heterocycles. The topological polar surface area (TPSA) is 41.1 Å². The Morgan fingerprint density at radius 3 is 2.64 bits per heavy atom. The molecule has 2 N–H and O–H groups in total. The van der Waals surface area contributed by atoms with E-state index < -0.39 is 0 Å². The predicted molar refractivity (Wildman–Crippen MR) is 96.7 cm³/mol. The van der Waals surface area contributed by atoms with Crippen molar-refractivity contribution in [3.63, 3.8) is 0 Å².